The zero-order chi connectivity index (χ0) is 23.9. The predicted octanol–water partition coefficient (Wildman–Crippen LogP) is 3.83. The number of nitrogens with one attached hydrogen (secondary N) is 2. The van der Waals surface area contributed by atoms with E-state index >= 15 is 0 Å². The van der Waals surface area contributed by atoms with E-state index in [-0.39, 0.29) is 24.2 Å². The summed E-state index contributed by atoms with van der Waals surface area (Å²) in [6, 6.07) is 8.33. The van der Waals surface area contributed by atoms with Crippen LogP contribution in [0.5, 0.6) is 0 Å². The van der Waals surface area contributed by atoms with E-state index in [0.717, 1.165) is 55.8 Å². The minimum absolute atomic E-state index is 0.0344. The van der Waals surface area contributed by atoms with Crippen LogP contribution < -0.4 is 5.32 Å². The Hall–Kier alpha value is -3.59. The number of benzene rings is 1. The Balaban J connectivity index is 1.25. The van der Waals surface area contributed by atoms with E-state index in [2.05, 4.69) is 37.0 Å². The van der Waals surface area contributed by atoms with E-state index in [9.17, 15) is 9.18 Å². The first-order chi connectivity index (χ1) is 16.6. The average molecular weight is 464 g/mol. The van der Waals surface area contributed by atoms with Gasteiger partial charge in [-0.05, 0) is 44.7 Å². The lowest BCUT2D eigenvalue weighted by Gasteiger charge is -2.31. The molecule has 1 aromatic carbocycles. The Bertz CT molecular complexity index is 1170. The van der Waals surface area contributed by atoms with Crippen LogP contribution in [0.2, 0.25) is 0 Å². The third kappa shape index (κ3) is 5.66. The number of carbonyl (C=O) groups excluding carboxylic acids is 1. The number of hydrogen-bond donors (Lipinski definition) is 2. The molecule has 1 aliphatic rings. The van der Waals surface area contributed by atoms with Crippen LogP contribution in [0.25, 0.3) is 11.0 Å². The molecule has 3 heterocycles. The fraction of sp³-hybridized carbons (Fsp3) is 0.360. The van der Waals surface area contributed by atoms with Crippen molar-refractivity contribution in [3.8, 4) is 0 Å². The third-order valence-electron chi connectivity index (χ3n) is 6.09. The maximum Gasteiger partial charge on any atom is 0.254 e. The van der Waals surface area contributed by atoms with Crippen molar-refractivity contribution in [2.45, 2.75) is 32.2 Å². The molecule has 0 radical (unpaired) electrons. The molecular formula is C25H30FN7O. The summed E-state index contributed by atoms with van der Waals surface area (Å²) in [6.45, 7) is 7.93. The van der Waals surface area contributed by atoms with Crippen LogP contribution in [-0.2, 0) is 6.42 Å². The highest BCUT2D eigenvalue weighted by atomic mass is 19.1. The number of rotatable bonds is 9. The maximum absolute atomic E-state index is 13.9. The topological polar surface area (TPSA) is 91.2 Å². The summed E-state index contributed by atoms with van der Waals surface area (Å²) < 4.78 is 15.8. The normalized spacial score (nSPS) is 16.2. The molecule has 2 N–H and O–H groups in total. The summed E-state index contributed by atoms with van der Waals surface area (Å²) in [5.41, 5.74) is 2.62. The minimum atomic E-state index is -0.513. The predicted molar refractivity (Wildman–Crippen MR) is 132 cm³/mol. The fourth-order valence-corrected chi connectivity index (χ4v) is 4.17. The number of aromatic amines is 1. The van der Waals surface area contributed by atoms with Crippen LogP contribution in [0, 0.1) is 0 Å². The van der Waals surface area contributed by atoms with Gasteiger partial charge in [0.25, 0.3) is 5.91 Å². The summed E-state index contributed by atoms with van der Waals surface area (Å²) in [5, 5.41) is 7.08. The molecule has 0 atom stereocenters. The molecule has 1 aliphatic heterocycles. The van der Waals surface area contributed by atoms with Gasteiger partial charge in [0, 0.05) is 32.3 Å². The van der Waals surface area contributed by atoms with Crippen molar-refractivity contribution in [2.24, 2.45) is 4.99 Å². The quantitative estimate of drug-likeness (QED) is 0.373. The maximum atomic E-state index is 13.9. The Labute approximate surface area is 198 Å². The summed E-state index contributed by atoms with van der Waals surface area (Å²) in [4.78, 5) is 26.6. The molecule has 0 spiro atoms. The molecule has 1 fully saturated rings. The first kappa shape index (κ1) is 23.6. The first-order valence-electron chi connectivity index (χ1n) is 11.5. The second kappa shape index (κ2) is 11.0. The molecule has 1 saturated heterocycles. The van der Waals surface area contributed by atoms with Gasteiger partial charge in [-0.15, -0.1) is 0 Å². The van der Waals surface area contributed by atoms with E-state index in [0.29, 0.717) is 5.56 Å². The van der Waals surface area contributed by atoms with Crippen molar-refractivity contribution >= 4 is 23.7 Å². The van der Waals surface area contributed by atoms with Gasteiger partial charge in [-0.3, -0.25) is 14.5 Å². The second-order valence-electron chi connectivity index (χ2n) is 8.37. The zero-order valence-corrected chi connectivity index (χ0v) is 19.4. The lowest BCUT2D eigenvalue weighted by atomic mass is 10.1. The summed E-state index contributed by atoms with van der Waals surface area (Å²) in [6.07, 6.45) is 8.98. The number of imidazole rings is 1. The van der Waals surface area contributed by atoms with Gasteiger partial charge in [-0.2, -0.15) is 5.10 Å². The number of aliphatic imine (C=N–C) groups is 1. The van der Waals surface area contributed by atoms with Crippen molar-refractivity contribution in [1.29, 1.82) is 0 Å². The molecule has 178 valence electrons. The number of carbonyl (C=O) groups is 1. The van der Waals surface area contributed by atoms with Gasteiger partial charge in [0.1, 0.15) is 11.7 Å². The van der Waals surface area contributed by atoms with Gasteiger partial charge < -0.3 is 15.2 Å². The highest BCUT2D eigenvalue weighted by Crippen LogP contribution is 2.22. The molecule has 1 amide bonds. The van der Waals surface area contributed by atoms with Gasteiger partial charge in [0.2, 0.25) is 0 Å². The molecule has 0 saturated carbocycles. The van der Waals surface area contributed by atoms with E-state index in [1.165, 1.54) is 6.08 Å². The number of nitrogens with zero attached hydrogens (tertiary/aromatic N) is 5. The highest BCUT2D eigenvalue weighted by Gasteiger charge is 2.22. The van der Waals surface area contributed by atoms with Crippen LogP contribution in [-0.4, -0.2) is 63.5 Å². The first-order valence-corrected chi connectivity index (χ1v) is 11.5. The molecule has 8 nitrogen and oxygen atoms in total. The Kier molecular flexibility index (Phi) is 7.64. The molecule has 4 rings (SSSR count). The number of halogens is 1. The Morgan fingerprint density at radius 3 is 2.88 bits per heavy atom. The lowest BCUT2D eigenvalue weighted by molar-refractivity contribution is 0.0956. The average Bonchev–Trinajstić information content (AvgIpc) is 3.51. The van der Waals surface area contributed by atoms with Gasteiger partial charge >= 0.3 is 0 Å². The Morgan fingerprint density at radius 2 is 2.15 bits per heavy atom. The van der Waals surface area contributed by atoms with Crippen molar-refractivity contribution in [3.63, 3.8) is 0 Å². The summed E-state index contributed by atoms with van der Waals surface area (Å²) in [5.74, 6) is 0.186. The van der Waals surface area contributed by atoms with Gasteiger partial charge in [0.15, 0.2) is 0 Å². The number of hydrogen-bond acceptors (Lipinski definition) is 5. The lowest BCUT2D eigenvalue weighted by Crippen LogP contribution is -2.36. The number of aromatic nitrogens is 4. The Morgan fingerprint density at radius 1 is 1.35 bits per heavy atom. The van der Waals surface area contributed by atoms with E-state index in [4.69, 9.17) is 0 Å². The number of likely N-dealkylation sites (tertiary alicyclic amines) is 1. The van der Waals surface area contributed by atoms with E-state index in [1.807, 2.05) is 28.9 Å². The monoisotopic (exact) mass is 463 g/mol. The van der Waals surface area contributed by atoms with Crippen molar-refractivity contribution < 1.29 is 9.18 Å². The molecule has 0 unspecified atom stereocenters. The van der Waals surface area contributed by atoms with Gasteiger partial charge in [-0.25, -0.2) is 9.37 Å². The van der Waals surface area contributed by atoms with Gasteiger partial charge in [0.05, 0.1) is 41.1 Å². The number of para-hydroxylation sites is 2. The smallest absolute Gasteiger partial charge is 0.254 e. The van der Waals surface area contributed by atoms with Crippen LogP contribution in [0.15, 0.2) is 65.3 Å². The summed E-state index contributed by atoms with van der Waals surface area (Å²) in [7, 11) is 0. The number of amides is 1. The molecule has 34 heavy (non-hydrogen) atoms. The van der Waals surface area contributed by atoms with Crippen molar-refractivity contribution in [1.82, 2.24) is 30.0 Å². The molecule has 3 aromatic rings. The summed E-state index contributed by atoms with van der Waals surface area (Å²) >= 11 is 0. The highest BCUT2D eigenvalue weighted by molar-refractivity contribution is 5.93. The molecular weight excluding hydrogens is 433 g/mol. The molecule has 9 heteroatoms. The number of fused-ring (bicyclic) bond motifs is 1. The van der Waals surface area contributed by atoms with Crippen molar-refractivity contribution in [3.05, 3.63) is 71.7 Å². The standard InChI is InChI=1S/C25H30FN7O/c1-3-6-20(26)23(27-2)16-28-25(34)18-15-29-33(17-18)19-9-12-32(13-10-19)14-11-24-30-21-7-4-5-8-22(21)31-24/h3-8,15,17,19H,2,9-14,16H2,1H3,(H,28,34)(H,30,31)/b6-3-,23-20+. The minimum Gasteiger partial charge on any atom is -0.346 e. The number of H-pyrrole nitrogens is 1. The third-order valence-corrected chi connectivity index (χ3v) is 6.09. The number of piperidine rings is 1. The van der Waals surface area contributed by atoms with E-state index in [1.54, 1.807) is 25.4 Å². The molecule has 0 aliphatic carbocycles. The zero-order valence-electron chi connectivity index (χ0n) is 19.4. The molecule has 0 bridgehead atoms. The SMILES string of the molecule is C=N/C(CNC(=O)c1cnn(C2CCN(CCc3nc4ccccc4[nH]3)CC2)c1)=C(F)\C=C/C. The van der Waals surface area contributed by atoms with Crippen molar-refractivity contribution in [2.75, 3.05) is 26.2 Å². The van der Waals surface area contributed by atoms with Crippen LogP contribution >= 0.6 is 0 Å². The largest absolute Gasteiger partial charge is 0.346 e. The number of allylic oxidation sites excluding steroid dienone is 3. The van der Waals surface area contributed by atoms with Crippen LogP contribution in [0.4, 0.5) is 4.39 Å². The molecule has 2 aromatic heterocycles. The van der Waals surface area contributed by atoms with Gasteiger partial charge in [-0.1, -0.05) is 18.2 Å². The van der Waals surface area contributed by atoms with E-state index < -0.39 is 5.83 Å². The van der Waals surface area contributed by atoms with Crippen LogP contribution in [0.1, 0.15) is 42.0 Å². The second-order valence-corrected chi connectivity index (χ2v) is 8.37. The van der Waals surface area contributed by atoms with Crippen LogP contribution in [0.3, 0.4) is 0 Å². The fourth-order valence-electron chi connectivity index (χ4n) is 4.17.